The van der Waals surface area contributed by atoms with Crippen molar-refractivity contribution in [3.8, 4) is 0 Å². The smallest absolute Gasteiger partial charge is 0.339 e. The van der Waals surface area contributed by atoms with Gasteiger partial charge in [0.05, 0.1) is 0 Å². The molecule has 1 rings (SSSR count). The van der Waals surface area contributed by atoms with Gasteiger partial charge in [-0.25, -0.2) is 0 Å². The fourth-order valence-electron chi connectivity index (χ4n) is 1.86. The quantitative estimate of drug-likeness (QED) is 0.804. The highest BCUT2D eigenvalue weighted by molar-refractivity contribution is 5.76. The van der Waals surface area contributed by atoms with E-state index in [9.17, 15) is 18.0 Å². The molecule has 0 fully saturated rings. The van der Waals surface area contributed by atoms with Gasteiger partial charge in [0, 0.05) is 37.2 Å². The predicted molar refractivity (Wildman–Crippen MR) is 67.7 cm³/mol. The highest BCUT2D eigenvalue weighted by atomic mass is 19.4. The lowest BCUT2D eigenvalue weighted by atomic mass is 10.1. The lowest BCUT2D eigenvalue weighted by Crippen LogP contribution is -2.41. The van der Waals surface area contributed by atoms with Crippen LogP contribution in [0.4, 0.5) is 13.2 Å². The van der Waals surface area contributed by atoms with Crippen LogP contribution < -0.4 is 5.32 Å². The lowest BCUT2D eigenvalue weighted by molar-refractivity contribution is -0.132. The SMILES string of the molecule is CC(C)(C)NCCC(=O)N1CC=C(C(F)(F)F)CC1. The molecule has 1 N–H and O–H groups in total. The topological polar surface area (TPSA) is 32.3 Å². The van der Waals surface area contributed by atoms with Gasteiger partial charge in [-0.2, -0.15) is 13.2 Å². The summed E-state index contributed by atoms with van der Waals surface area (Å²) in [6, 6.07) is 0. The number of hydrogen-bond donors (Lipinski definition) is 1. The molecular weight excluding hydrogens is 257 g/mol. The van der Waals surface area contributed by atoms with Gasteiger partial charge < -0.3 is 10.2 Å². The summed E-state index contributed by atoms with van der Waals surface area (Å²) in [6.07, 6.45) is -2.95. The van der Waals surface area contributed by atoms with Crippen molar-refractivity contribution in [2.45, 2.75) is 45.3 Å². The first-order chi connectivity index (χ1) is 8.59. The third-order valence-corrected chi connectivity index (χ3v) is 2.92. The van der Waals surface area contributed by atoms with Crippen LogP contribution in [0.5, 0.6) is 0 Å². The zero-order chi connectivity index (χ0) is 14.7. The molecule has 0 saturated carbocycles. The second-order valence-corrected chi connectivity index (χ2v) is 5.74. The molecule has 0 aliphatic carbocycles. The monoisotopic (exact) mass is 278 g/mol. The van der Waals surface area contributed by atoms with E-state index in [0.29, 0.717) is 13.0 Å². The van der Waals surface area contributed by atoms with Gasteiger partial charge in [0.15, 0.2) is 0 Å². The van der Waals surface area contributed by atoms with Crippen LogP contribution in [0, 0.1) is 0 Å². The standard InChI is InChI=1S/C13H21F3N2O/c1-12(2,3)17-7-4-11(19)18-8-5-10(6-9-18)13(14,15)16/h5,17H,4,6-9H2,1-3H3. The molecule has 0 aromatic rings. The first-order valence-corrected chi connectivity index (χ1v) is 6.38. The molecule has 0 bridgehead atoms. The van der Waals surface area contributed by atoms with E-state index >= 15 is 0 Å². The van der Waals surface area contributed by atoms with Gasteiger partial charge in [-0.1, -0.05) is 6.08 Å². The maximum atomic E-state index is 12.4. The number of nitrogens with one attached hydrogen (secondary N) is 1. The number of carbonyl (C=O) groups is 1. The molecule has 1 amide bonds. The van der Waals surface area contributed by atoms with Gasteiger partial charge in [0.25, 0.3) is 0 Å². The van der Waals surface area contributed by atoms with Crippen molar-refractivity contribution in [2.24, 2.45) is 0 Å². The minimum atomic E-state index is -4.26. The number of amides is 1. The maximum Gasteiger partial charge on any atom is 0.412 e. The summed E-state index contributed by atoms with van der Waals surface area (Å²) in [6.45, 7) is 6.74. The zero-order valence-electron chi connectivity index (χ0n) is 11.6. The van der Waals surface area contributed by atoms with E-state index < -0.39 is 11.7 Å². The molecule has 0 unspecified atom stereocenters. The average molecular weight is 278 g/mol. The normalized spacial score (nSPS) is 17.4. The van der Waals surface area contributed by atoms with Gasteiger partial charge in [-0.15, -0.1) is 0 Å². The van der Waals surface area contributed by atoms with E-state index in [0.717, 1.165) is 6.08 Å². The van der Waals surface area contributed by atoms with Crippen molar-refractivity contribution < 1.29 is 18.0 Å². The summed E-state index contributed by atoms with van der Waals surface area (Å²) in [4.78, 5) is 13.3. The number of nitrogens with zero attached hydrogens (tertiary/aromatic N) is 1. The molecule has 19 heavy (non-hydrogen) atoms. The first kappa shape index (κ1) is 16.0. The van der Waals surface area contributed by atoms with Crippen LogP contribution in [0.2, 0.25) is 0 Å². The van der Waals surface area contributed by atoms with Crippen LogP contribution in [0.3, 0.4) is 0 Å². The molecule has 6 heteroatoms. The Morgan fingerprint density at radius 3 is 2.42 bits per heavy atom. The molecule has 0 saturated heterocycles. The van der Waals surface area contributed by atoms with E-state index in [1.54, 1.807) is 0 Å². The summed E-state index contributed by atoms with van der Waals surface area (Å²) in [5.74, 6) is -0.103. The van der Waals surface area contributed by atoms with Crippen LogP contribution in [0.25, 0.3) is 0 Å². The maximum absolute atomic E-state index is 12.4. The van der Waals surface area contributed by atoms with Crippen molar-refractivity contribution in [1.29, 1.82) is 0 Å². The van der Waals surface area contributed by atoms with Crippen molar-refractivity contribution >= 4 is 5.91 Å². The predicted octanol–water partition coefficient (Wildman–Crippen LogP) is 2.49. The van der Waals surface area contributed by atoms with Gasteiger partial charge in [0.2, 0.25) is 5.91 Å². The Hall–Kier alpha value is -1.04. The van der Waals surface area contributed by atoms with Gasteiger partial charge in [-0.3, -0.25) is 4.79 Å². The van der Waals surface area contributed by atoms with Crippen LogP contribution in [0.1, 0.15) is 33.6 Å². The third-order valence-electron chi connectivity index (χ3n) is 2.92. The molecule has 1 heterocycles. The molecule has 110 valence electrons. The molecule has 0 aromatic carbocycles. The van der Waals surface area contributed by atoms with Crippen molar-refractivity contribution in [1.82, 2.24) is 10.2 Å². The molecule has 1 aliphatic rings. The number of carbonyl (C=O) groups excluding carboxylic acids is 1. The van der Waals surface area contributed by atoms with Gasteiger partial charge in [0.1, 0.15) is 0 Å². The van der Waals surface area contributed by atoms with E-state index in [2.05, 4.69) is 5.32 Å². The highest BCUT2D eigenvalue weighted by Crippen LogP contribution is 2.30. The van der Waals surface area contributed by atoms with Crippen LogP contribution >= 0.6 is 0 Å². The second kappa shape index (κ2) is 5.94. The average Bonchev–Trinajstić information content (AvgIpc) is 2.26. The van der Waals surface area contributed by atoms with E-state index in [4.69, 9.17) is 0 Å². The molecule has 0 radical (unpaired) electrons. The Morgan fingerprint density at radius 1 is 1.37 bits per heavy atom. The largest absolute Gasteiger partial charge is 0.412 e. The van der Waals surface area contributed by atoms with Crippen LogP contribution in [-0.4, -0.2) is 42.2 Å². The zero-order valence-corrected chi connectivity index (χ0v) is 11.6. The fourth-order valence-corrected chi connectivity index (χ4v) is 1.86. The van der Waals surface area contributed by atoms with Crippen LogP contribution in [0.15, 0.2) is 11.6 Å². The first-order valence-electron chi connectivity index (χ1n) is 6.38. The lowest BCUT2D eigenvalue weighted by Gasteiger charge is -2.28. The van der Waals surface area contributed by atoms with E-state index in [-0.39, 0.29) is 31.0 Å². The summed E-state index contributed by atoms with van der Waals surface area (Å²) in [7, 11) is 0. The van der Waals surface area contributed by atoms with Gasteiger partial charge in [-0.05, 0) is 27.2 Å². The molecule has 1 aliphatic heterocycles. The van der Waals surface area contributed by atoms with Crippen molar-refractivity contribution in [3.05, 3.63) is 11.6 Å². The van der Waals surface area contributed by atoms with Gasteiger partial charge >= 0.3 is 6.18 Å². The molecule has 0 spiro atoms. The fraction of sp³-hybridized carbons (Fsp3) is 0.769. The Morgan fingerprint density at radius 2 is 2.00 bits per heavy atom. The number of alkyl halides is 3. The number of rotatable bonds is 3. The summed E-state index contributed by atoms with van der Waals surface area (Å²) in [5.41, 5.74) is -0.588. The Balaban J connectivity index is 2.39. The number of halogens is 3. The summed E-state index contributed by atoms with van der Waals surface area (Å²) < 4.78 is 37.3. The Labute approximate surface area is 111 Å². The highest BCUT2D eigenvalue weighted by Gasteiger charge is 2.35. The van der Waals surface area contributed by atoms with E-state index in [1.165, 1.54) is 4.90 Å². The van der Waals surface area contributed by atoms with Crippen molar-refractivity contribution in [3.63, 3.8) is 0 Å². The summed E-state index contributed by atoms with van der Waals surface area (Å²) in [5, 5.41) is 3.18. The minimum Gasteiger partial charge on any atom is -0.339 e. The van der Waals surface area contributed by atoms with Crippen molar-refractivity contribution in [2.75, 3.05) is 19.6 Å². The minimum absolute atomic E-state index is 0.0587. The van der Waals surface area contributed by atoms with E-state index in [1.807, 2.05) is 20.8 Å². The third kappa shape index (κ3) is 5.63. The molecule has 0 atom stereocenters. The second-order valence-electron chi connectivity index (χ2n) is 5.74. The molecular formula is C13H21F3N2O. The van der Waals surface area contributed by atoms with Crippen LogP contribution in [-0.2, 0) is 4.79 Å². The Bertz CT molecular complexity index is 356. The molecule has 3 nitrogen and oxygen atoms in total. The molecule has 0 aromatic heterocycles. The Kier molecular flexibility index (Phi) is 5.01. The summed E-state index contributed by atoms with van der Waals surface area (Å²) >= 11 is 0. The number of hydrogen-bond acceptors (Lipinski definition) is 2.